The second-order valence-corrected chi connectivity index (χ2v) is 7.17. The Morgan fingerprint density at radius 2 is 1.32 bits per heavy atom. The van der Waals surface area contributed by atoms with Crippen LogP contribution in [0.4, 0.5) is 0 Å². The SMILES string of the molecule is CCCCCCCCCCCCCCCCCC(=O)OC1=NCCO1. The molecule has 0 N–H and O–H groups in total. The van der Waals surface area contributed by atoms with Crippen molar-refractivity contribution in [1.29, 1.82) is 0 Å². The summed E-state index contributed by atoms with van der Waals surface area (Å²) in [6, 6.07) is 0. The molecule has 25 heavy (non-hydrogen) atoms. The standard InChI is InChI=1S/C21H39NO3/c1-2-3-4-5-6-7-8-9-10-11-12-13-14-15-16-17-20(23)25-21-22-18-19-24-21/h2-19H2,1H3. The van der Waals surface area contributed by atoms with Crippen LogP contribution in [0, 0.1) is 0 Å². The maximum Gasteiger partial charge on any atom is 0.391 e. The fourth-order valence-corrected chi connectivity index (χ4v) is 3.17. The Morgan fingerprint density at radius 3 is 1.76 bits per heavy atom. The summed E-state index contributed by atoms with van der Waals surface area (Å²) in [6.07, 6.45) is 20.6. The summed E-state index contributed by atoms with van der Waals surface area (Å²) in [6.45, 7) is 3.40. The van der Waals surface area contributed by atoms with E-state index in [1.807, 2.05) is 0 Å². The van der Waals surface area contributed by atoms with Gasteiger partial charge in [-0.25, -0.2) is 4.99 Å². The highest BCUT2D eigenvalue weighted by Crippen LogP contribution is 2.14. The molecule has 0 bridgehead atoms. The van der Waals surface area contributed by atoms with Crippen LogP contribution in [0.3, 0.4) is 0 Å². The summed E-state index contributed by atoms with van der Waals surface area (Å²) in [5.41, 5.74) is 0. The molecule has 0 spiro atoms. The first-order chi connectivity index (χ1) is 12.3. The van der Waals surface area contributed by atoms with Crippen molar-refractivity contribution in [2.24, 2.45) is 4.99 Å². The van der Waals surface area contributed by atoms with E-state index in [2.05, 4.69) is 11.9 Å². The van der Waals surface area contributed by atoms with Crippen molar-refractivity contribution in [3.05, 3.63) is 0 Å². The quantitative estimate of drug-likeness (QED) is 0.246. The maximum absolute atomic E-state index is 11.5. The maximum atomic E-state index is 11.5. The normalized spacial score (nSPS) is 13.6. The van der Waals surface area contributed by atoms with E-state index >= 15 is 0 Å². The first-order valence-electron chi connectivity index (χ1n) is 10.7. The van der Waals surface area contributed by atoms with Gasteiger partial charge in [0.2, 0.25) is 0 Å². The number of rotatable bonds is 16. The van der Waals surface area contributed by atoms with E-state index < -0.39 is 0 Å². The van der Waals surface area contributed by atoms with Crippen LogP contribution in [-0.2, 0) is 14.3 Å². The highest BCUT2D eigenvalue weighted by Gasteiger charge is 2.13. The van der Waals surface area contributed by atoms with Crippen LogP contribution in [0.2, 0.25) is 0 Å². The molecule has 0 aromatic rings. The minimum atomic E-state index is -0.213. The predicted molar refractivity (Wildman–Crippen MR) is 104 cm³/mol. The molecule has 146 valence electrons. The summed E-state index contributed by atoms with van der Waals surface area (Å²) in [5, 5.41) is 0. The van der Waals surface area contributed by atoms with Crippen molar-refractivity contribution in [2.75, 3.05) is 13.2 Å². The Kier molecular flexibility index (Phi) is 14.4. The minimum absolute atomic E-state index is 0.158. The number of carbonyl (C=O) groups excluding carboxylic acids is 1. The number of aliphatic imine (C=N–C) groups is 1. The van der Waals surface area contributed by atoms with Crippen molar-refractivity contribution < 1.29 is 14.3 Å². The second-order valence-electron chi connectivity index (χ2n) is 7.17. The molecule has 0 atom stereocenters. The highest BCUT2D eigenvalue weighted by molar-refractivity contribution is 5.84. The van der Waals surface area contributed by atoms with Crippen LogP contribution in [0.1, 0.15) is 110 Å². The zero-order chi connectivity index (χ0) is 18.0. The molecule has 0 saturated heterocycles. The number of hydrogen-bond donors (Lipinski definition) is 0. The van der Waals surface area contributed by atoms with Gasteiger partial charge in [-0.2, -0.15) is 0 Å². The van der Waals surface area contributed by atoms with Gasteiger partial charge in [0.25, 0.3) is 0 Å². The molecule has 1 aliphatic heterocycles. The van der Waals surface area contributed by atoms with Gasteiger partial charge in [0.05, 0.1) is 6.54 Å². The van der Waals surface area contributed by atoms with Crippen LogP contribution < -0.4 is 0 Å². The fourth-order valence-electron chi connectivity index (χ4n) is 3.17. The average molecular weight is 354 g/mol. The molecule has 1 heterocycles. The fraction of sp³-hybridized carbons (Fsp3) is 0.905. The predicted octanol–water partition coefficient (Wildman–Crippen LogP) is 6.18. The molecule has 0 aliphatic carbocycles. The van der Waals surface area contributed by atoms with E-state index in [-0.39, 0.29) is 12.1 Å². The molecule has 1 rings (SSSR count). The Balaban J connectivity index is 1.72. The summed E-state index contributed by atoms with van der Waals surface area (Å²) in [4.78, 5) is 15.5. The Hall–Kier alpha value is -1.06. The number of unbranched alkanes of at least 4 members (excludes halogenated alkanes) is 14. The molecule has 0 saturated carbocycles. The lowest BCUT2D eigenvalue weighted by Crippen LogP contribution is -2.12. The summed E-state index contributed by atoms with van der Waals surface area (Å²) in [5.74, 6) is -0.213. The van der Waals surface area contributed by atoms with Crippen molar-refractivity contribution >= 4 is 12.1 Å². The number of nitrogens with zero attached hydrogens (tertiary/aromatic N) is 1. The largest absolute Gasteiger partial charge is 0.448 e. The van der Waals surface area contributed by atoms with Crippen molar-refractivity contribution in [3.8, 4) is 0 Å². The lowest BCUT2D eigenvalue weighted by molar-refractivity contribution is -0.137. The van der Waals surface area contributed by atoms with Crippen LogP contribution in [0.5, 0.6) is 0 Å². The molecule has 1 aliphatic rings. The zero-order valence-electron chi connectivity index (χ0n) is 16.4. The monoisotopic (exact) mass is 353 g/mol. The molecular formula is C21H39NO3. The Bertz CT molecular complexity index is 355. The average Bonchev–Trinajstić information content (AvgIpc) is 3.11. The summed E-state index contributed by atoms with van der Waals surface area (Å²) < 4.78 is 10.1. The van der Waals surface area contributed by atoms with E-state index in [0.717, 1.165) is 12.8 Å². The molecule has 0 fully saturated rings. The van der Waals surface area contributed by atoms with E-state index in [1.54, 1.807) is 0 Å². The Morgan fingerprint density at radius 1 is 0.840 bits per heavy atom. The van der Waals surface area contributed by atoms with Crippen LogP contribution in [0.15, 0.2) is 4.99 Å². The van der Waals surface area contributed by atoms with Gasteiger partial charge in [-0.1, -0.05) is 96.8 Å². The van der Waals surface area contributed by atoms with Gasteiger partial charge >= 0.3 is 12.1 Å². The number of carbonyl (C=O) groups is 1. The van der Waals surface area contributed by atoms with Crippen molar-refractivity contribution in [1.82, 2.24) is 0 Å². The molecule has 0 unspecified atom stereocenters. The summed E-state index contributed by atoms with van der Waals surface area (Å²) >= 11 is 0. The number of esters is 1. The van der Waals surface area contributed by atoms with E-state index in [4.69, 9.17) is 9.47 Å². The second kappa shape index (κ2) is 16.4. The highest BCUT2D eigenvalue weighted by atomic mass is 16.7. The third kappa shape index (κ3) is 13.9. The molecule has 0 radical (unpaired) electrons. The molecule has 0 amide bonds. The smallest absolute Gasteiger partial charge is 0.391 e. The first kappa shape index (κ1) is 22.0. The van der Waals surface area contributed by atoms with Crippen LogP contribution >= 0.6 is 0 Å². The summed E-state index contributed by atoms with van der Waals surface area (Å²) in [7, 11) is 0. The van der Waals surface area contributed by atoms with Crippen molar-refractivity contribution in [2.45, 2.75) is 110 Å². The first-order valence-corrected chi connectivity index (χ1v) is 10.7. The number of hydrogen-bond acceptors (Lipinski definition) is 4. The van der Waals surface area contributed by atoms with Crippen LogP contribution in [-0.4, -0.2) is 25.2 Å². The van der Waals surface area contributed by atoms with Crippen LogP contribution in [0.25, 0.3) is 0 Å². The van der Waals surface area contributed by atoms with Gasteiger partial charge in [-0.3, -0.25) is 4.79 Å². The lowest BCUT2D eigenvalue weighted by atomic mass is 10.0. The van der Waals surface area contributed by atoms with E-state index in [0.29, 0.717) is 19.6 Å². The number of ether oxygens (including phenoxy) is 2. The molecule has 0 aromatic carbocycles. The van der Waals surface area contributed by atoms with Gasteiger partial charge < -0.3 is 9.47 Å². The molecule has 4 nitrogen and oxygen atoms in total. The van der Waals surface area contributed by atoms with Gasteiger partial charge in [-0.05, 0) is 6.42 Å². The van der Waals surface area contributed by atoms with Crippen molar-refractivity contribution in [3.63, 3.8) is 0 Å². The molecule has 4 heteroatoms. The lowest BCUT2D eigenvalue weighted by Gasteiger charge is -2.04. The zero-order valence-corrected chi connectivity index (χ0v) is 16.4. The van der Waals surface area contributed by atoms with Gasteiger partial charge in [0.1, 0.15) is 6.61 Å². The van der Waals surface area contributed by atoms with Gasteiger partial charge in [0, 0.05) is 6.42 Å². The van der Waals surface area contributed by atoms with Gasteiger partial charge in [0.15, 0.2) is 0 Å². The van der Waals surface area contributed by atoms with E-state index in [9.17, 15) is 4.79 Å². The topological polar surface area (TPSA) is 47.9 Å². The molecule has 0 aromatic heterocycles. The molecular weight excluding hydrogens is 314 g/mol. The van der Waals surface area contributed by atoms with Gasteiger partial charge in [-0.15, -0.1) is 0 Å². The minimum Gasteiger partial charge on any atom is -0.448 e. The third-order valence-electron chi connectivity index (χ3n) is 4.74. The third-order valence-corrected chi connectivity index (χ3v) is 4.74. The Labute approximate surface area is 154 Å². The van der Waals surface area contributed by atoms with E-state index in [1.165, 1.54) is 83.5 Å².